The van der Waals surface area contributed by atoms with Crippen LogP contribution >= 0.6 is 0 Å². The van der Waals surface area contributed by atoms with Crippen LogP contribution < -0.4 is 10.6 Å². The quantitative estimate of drug-likeness (QED) is 0.637. The van der Waals surface area contributed by atoms with E-state index in [1.807, 2.05) is 18.2 Å². The van der Waals surface area contributed by atoms with E-state index in [1.165, 1.54) is 5.56 Å². The number of pyridine rings is 1. The molecule has 0 atom stereocenters. The summed E-state index contributed by atoms with van der Waals surface area (Å²) in [5.74, 6) is 1.36. The van der Waals surface area contributed by atoms with Gasteiger partial charge in [0.25, 0.3) is 0 Å². The fraction of sp³-hybridized carbons (Fsp3) is 0.318. The Morgan fingerprint density at radius 2 is 1.56 bits per heavy atom. The van der Waals surface area contributed by atoms with Crippen molar-refractivity contribution in [1.29, 1.82) is 0 Å². The molecular formula is C22H27N5. The molecule has 0 bridgehead atoms. The molecule has 27 heavy (non-hydrogen) atoms. The molecule has 3 aromatic rings. The van der Waals surface area contributed by atoms with Crippen molar-refractivity contribution in [1.82, 2.24) is 15.0 Å². The maximum atomic E-state index is 4.64. The zero-order valence-electron chi connectivity index (χ0n) is 16.6. The van der Waals surface area contributed by atoms with Crippen LogP contribution in [0.25, 0.3) is 11.3 Å². The average molecular weight is 361 g/mol. The molecule has 0 amide bonds. The third kappa shape index (κ3) is 5.03. The van der Waals surface area contributed by atoms with Gasteiger partial charge in [0, 0.05) is 35.8 Å². The SMILES string of the molecule is CC(C)Nc1nc(Nc2ccc(C(C)(C)C)cc2)cc(-c2ccncc2)n1. The fourth-order valence-electron chi connectivity index (χ4n) is 2.71. The Hall–Kier alpha value is -2.95. The van der Waals surface area contributed by atoms with Gasteiger partial charge >= 0.3 is 0 Å². The maximum absolute atomic E-state index is 4.64. The van der Waals surface area contributed by atoms with E-state index in [1.54, 1.807) is 12.4 Å². The van der Waals surface area contributed by atoms with Crippen LogP contribution in [0.5, 0.6) is 0 Å². The maximum Gasteiger partial charge on any atom is 0.225 e. The molecule has 0 spiro atoms. The van der Waals surface area contributed by atoms with Crippen LogP contribution in [-0.4, -0.2) is 21.0 Å². The lowest BCUT2D eigenvalue weighted by molar-refractivity contribution is 0.590. The molecular weight excluding hydrogens is 334 g/mol. The molecule has 0 saturated heterocycles. The van der Waals surface area contributed by atoms with E-state index >= 15 is 0 Å². The van der Waals surface area contributed by atoms with E-state index in [9.17, 15) is 0 Å². The summed E-state index contributed by atoms with van der Waals surface area (Å²) in [6.07, 6.45) is 3.54. The predicted octanol–water partition coefficient (Wildman–Crippen LogP) is 5.40. The van der Waals surface area contributed by atoms with E-state index in [0.717, 1.165) is 22.8 Å². The van der Waals surface area contributed by atoms with Gasteiger partial charge in [0.15, 0.2) is 0 Å². The minimum Gasteiger partial charge on any atom is -0.352 e. The Bertz CT molecular complexity index is 881. The topological polar surface area (TPSA) is 62.7 Å². The highest BCUT2D eigenvalue weighted by Gasteiger charge is 2.13. The third-order valence-corrected chi connectivity index (χ3v) is 4.14. The number of aromatic nitrogens is 3. The van der Waals surface area contributed by atoms with Gasteiger partial charge in [0.1, 0.15) is 5.82 Å². The van der Waals surface area contributed by atoms with Gasteiger partial charge in [-0.3, -0.25) is 4.98 Å². The molecule has 0 aliphatic carbocycles. The van der Waals surface area contributed by atoms with Crippen LogP contribution in [0.3, 0.4) is 0 Å². The lowest BCUT2D eigenvalue weighted by atomic mass is 9.87. The number of nitrogens with zero attached hydrogens (tertiary/aromatic N) is 3. The summed E-state index contributed by atoms with van der Waals surface area (Å²) in [5, 5.41) is 6.69. The highest BCUT2D eigenvalue weighted by Crippen LogP contribution is 2.26. The van der Waals surface area contributed by atoms with E-state index in [2.05, 4.69) is 84.5 Å². The van der Waals surface area contributed by atoms with Crippen LogP contribution in [0, 0.1) is 0 Å². The molecule has 0 aliphatic heterocycles. The van der Waals surface area contributed by atoms with Gasteiger partial charge in [-0.25, -0.2) is 4.98 Å². The van der Waals surface area contributed by atoms with Crippen LogP contribution in [0.15, 0.2) is 54.9 Å². The van der Waals surface area contributed by atoms with Gasteiger partial charge in [-0.05, 0) is 49.1 Å². The Morgan fingerprint density at radius 3 is 2.15 bits per heavy atom. The molecule has 2 aromatic heterocycles. The number of rotatable bonds is 5. The first-order chi connectivity index (χ1) is 12.8. The first-order valence-electron chi connectivity index (χ1n) is 9.25. The van der Waals surface area contributed by atoms with Crippen molar-refractivity contribution in [2.24, 2.45) is 0 Å². The summed E-state index contributed by atoms with van der Waals surface area (Å²) in [6, 6.07) is 14.6. The predicted molar refractivity (Wildman–Crippen MR) is 112 cm³/mol. The van der Waals surface area contributed by atoms with Crippen LogP contribution in [0.2, 0.25) is 0 Å². The molecule has 140 valence electrons. The van der Waals surface area contributed by atoms with Gasteiger partial charge in [0.2, 0.25) is 5.95 Å². The molecule has 0 radical (unpaired) electrons. The van der Waals surface area contributed by atoms with Crippen molar-refractivity contribution in [3.8, 4) is 11.3 Å². The van der Waals surface area contributed by atoms with Gasteiger partial charge in [0.05, 0.1) is 5.69 Å². The number of hydrogen-bond acceptors (Lipinski definition) is 5. The molecule has 2 N–H and O–H groups in total. The Kier molecular flexibility index (Phi) is 5.40. The smallest absolute Gasteiger partial charge is 0.225 e. The first-order valence-corrected chi connectivity index (χ1v) is 9.25. The minimum atomic E-state index is 0.135. The van der Waals surface area contributed by atoms with Crippen LogP contribution in [0.4, 0.5) is 17.5 Å². The fourth-order valence-corrected chi connectivity index (χ4v) is 2.71. The average Bonchev–Trinajstić information content (AvgIpc) is 2.61. The summed E-state index contributed by atoms with van der Waals surface area (Å²) in [4.78, 5) is 13.3. The van der Waals surface area contributed by atoms with Crippen molar-refractivity contribution in [3.05, 3.63) is 60.4 Å². The summed E-state index contributed by atoms with van der Waals surface area (Å²) < 4.78 is 0. The monoisotopic (exact) mass is 361 g/mol. The van der Waals surface area contributed by atoms with E-state index in [0.29, 0.717) is 5.95 Å². The second kappa shape index (κ2) is 7.74. The van der Waals surface area contributed by atoms with E-state index in [-0.39, 0.29) is 11.5 Å². The zero-order chi connectivity index (χ0) is 19.4. The highest BCUT2D eigenvalue weighted by atomic mass is 15.2. The van der Waals surface area contributed by atoms with Gasteiger partial charge < -0.3 is 10.6 Å². The highest BCUT2D eigenvalue weighted by molar-refractivity contribution is 5.67. The van der Waals surface area contributed by atoms with E-state index < -0.39 is 0 Å². The molecule has 2 heterocycles. The number of anilines is 3. The molecule has 5 heteroatoms. The Balaban J connectivity index is 1.92. The largest absolute Gasteiger partial charge is 0.352 e. The van der Waals surface area contributed by atoms with Crippen molar-refractivity contribution in [3.63, 3.8) is 0 Å². The third-order valence-electron chi connectivity index (χ3n) is 4.14. The first kappa shape index (κ1) is 18.8. The number of nitrogens with one attached hydrogen (secondary N) is 2. The van der Waals surface area contributed by atoms with Gasteiger partial charge in [-0.1, -0.05) is 32.9 Å². The number of benzene rings is 1. The van der Waals surface area contributed by atoms with E-state index in [4.69, 9.17) is 0 Å². The molecule has 0 fully saturated rings. The van der Waals surface area contributed by atoms with Crippen molar-refractivity contribution in [2.45, 2.75) is 46.1 Å². The lowest BCUT2D eigenvalue weighted by Gasteiger charge is -2.19. The summed E-state index contributed by atoms with van der Waals surface area (Å²) >= 11 is 0. The molecule has 0 aliphatic rings. The lowest BCUT2D eigenvalue weighted by Crippen LogP contribution is -2.13. The molecule has 1 aromatic carbocycles. The standard InChI is InChI=1S/C22H27N5/c1-15(2)24-21-26-19(16-10-12-23-13-11-16)14-20(27-21)25-18-8-6-17(7-9-18)22(3,4)5/h6-15H,1-5H3,(H2,24,25,26,27). The summed E-state index contributed by atoms with van der Waals surface area (Å²) in [5.41, 5.74) is 4.29. The minimum absolute atomic E-state index is 0.135. The molecule has 0 saturated carbocycles. The second-order valence-electron chi connectivity index (χ2n) is 7.95. The van der Waals surface area contributed by atoms with Gasteiger partial charge in [-0.15, -0.1) is 0 Å². The molecule has 0 unspecified atom stereocenters. The summed E-state index contributed by atoms with van der Waals surface area (Å²) in [7, 11) is 0. The van der Waals surface area contributed by atoms with Crippen molar-refractivity contribution < 1.29 is 0 Å². The zero-order valence-corrected chi connectivity index (χ0v) is 16.6. The summed E-state index contributed by atoms with van der Waals surface area (Å²) in [6.45, 7) is 10.8. The molecule has 5 nitrogen and oxygen atoms in total. The van der Waals surface area contributed by atoms with Gasteiger partial charge in [-0.2, -0.15) is 4.98 Å². The Labute approximate surface area is 161 Å². The van der Waals surface area contributed by atoms with Crippen molar-refractivity contribution >= 4 is 17.5 Å². The number of hydrogen-bond donors (Lipinski definition) is 2. The van der Waals surface area contributed by atoms with Crippen LogP contribution in [0.1, 0.15) is 40.2 Å². The molecule has 3 rings (SSSR count). The van der Waals surface area contributed by atoms with Crippen LogP contribution in [-0.2, 0) is 5.41 Å². The normalized spacial score (nSPS) is 11.5. The van der Waals surface area contributed by atoms with Crippen molar-refractivity contribution in [2.75, 3.05) is 10.6 Å². The Morgan fingerprint density at radius 1 is 0.889 bits per heavy atom. The second-order valence-corrected chi connectivity index (χ2v) is 7.95.